The van der Waals surface area contributed by atoms with Crippen molar-refractivity contribution in [2.75, 3.05) is 5.88 Å². The van der Waals surface area contributed by atoms with Crippen LogP contribution >= 0.6 is 27.5 Å². The number of aryl methyl sites for hydroxylation is 2. The van der Waals surface area contributed by atoms with Crippen LogP contribution in [-0.4, -0.2) is 20.4 Å². The predicted octanol–water partition coefficient (Wildman–Crippen LogP) is 4.41. The van der Waals surface area contributed by atoms with Crippen molar-refractivity contribution in [1.29, 1.82) is 0 Å². The standard InChI is InChI=1S/C15H12BrClFN3/c1-9-2-3-13(11(18)6-9)21-14(4-5-17)20-12-7-10(16)8-19-15(12)21/h2-3,6-8H,4-5H2,1H3. The summed E-state index contributed by atoms with van der Waals surface area (Å²) in [4.78, 5) is 8.89. The molecule has 0 unspecified atom stereocenters. The zero-order chi connectivity index (χ0) is 15.0. The van der Waals surface area contributed by atoms with Crippen molar-refractivity contribution in [3.8, 4) is 5.69 Å². The van der Waals surface area contributed by atoms with Crippen molar-refractivity contribution in [3.05, 3.63) is 52.1 Å². The van der Waals surface area contributed by atoms with Crippen molar-refractivity contribution < 1.29 is 4.39 Å². The van der Waals surface area contributed by atoms with Crippen molar-refractivity contribution in [2.45, 2.75) is 13.3 Å². The van der Waals surface area contributed by atoms with Crippen molar-refractivity contribution in [2.24, 2.45) is 0 Å². The Hall–Kier alpha value is -1.46. The molecule has 0 aliphatic heterocycles. The Kier molecular flexibility index (Phi) is 3.95. The molecule has 0 saturated carbocycles. The second-order valence-electron chi connectivity index (χ2n) is 4.75. The van der Waals surface area contributed by atoms with Gasteiger partial charge in [-0.05, 0) is 46.6 Å². The lowest BCUT2D eigenvalue weighted by Gasteiger charge is -2.09. The summed E-state index contributed by atoms with van der Waals surface area (Å²) in [6.07, 6.45) is 2.22. The fraction of sp³-hybridized carbons (Fsp3) is 0.200. The lowest BCUT2D eigenvalue weighted by Crippen LogP contribution is -2.05. The van der Waals surface area contributed by atoms with E-state index >= 15 is 0 Å². The zero-order valence-corrected chi connectivity index (χ0v) is 13.6. The highest BCUT2D eigenvalue weighted by Gasteiger charge is 2.16. The summed E-state index contributed by atoms with van der Waals surface area (Å²) in [6.45, 7) is 1.86. The van der Waals surface area contributed by atoms with Gasteiger partial charge in [-0.25, -0.2) is 14.4 Å². The molecule has 6 heteroatoms. The number of pyridine rings is 1. The molecule has 3 aromatic rings. The van der Waals surface area contributed by atoms with Gasteiger partial charge in [-0.1, -0.05) is 6.07 Å². The number of fused-ring (bicyclic) bond motifs is 1. The van der Waals surface area contributed by atoms with Gasteiger partial charge in [-0.2, -0.15) is 0 Å². The highest BCUT2D eigenvalue weighted by Crippen LogP contribution is 2.25. The Morgan fingerprint density at radius 2 is 2.14 bits per heavy atom. The molecule has 0 atom stereocenters. The van der Waals surface area contributed by atoms with Gasteiger partial charge in [0.15, 0.2) is 5.65 Å². The number of nitrogens with zero attached hydrogens (tertiary/aromatic N) is 3. The fourth-order valence-corrected chi connectivity index (χ4v) is 2.77. The lowest BCUT2D eigenvalue weighted by molar-refractivity contribution is 0.615. The third-order valence-corrected chi connectivity index (χ3v) is 3.82. The van der Waals surface area contributed by atoms with E-state index in [2.05, 4.69) is 25.9 Å². The van der Waals surface area contributed by atoms with Crippen LogP contribution in [0, 0.1) is 12.7 Å². The van der Waals surface area contributed by atoms with Gasteiger partial charge in [0.05, 0.1) is 5.69 Å². The SMILES string of the molecule is Cc1ccc(-n2c(CCCl)nc3cc(Br)cnc32)c(F)c1. The van der Waals surface area contributed by atoms with Gasteiger partial charge in [-0.15, -0.1) is 11.6 Å². The summed E-state index contributed by atoms with van der Waals surface area (Å²) in [5.74, 6) is 0.820. The first kappa shape index (κ1) is 14.5. The molecule has 108 valence electrons. The average Bonchev–Trinajstić information content (AvgIpc) is 2.76. The van der Waals surface area contributed by atoms with Crippen LogP contribution in [0.5, 0.6) is 0 Å². The molecule has 0 amide bonds. The maximum atomic E-state index is 14.3. The van der Waals surface area contributed by atoms with Crippen LogP contribution in [-0.2, 0) is 6.42 Å². The second kappa shape index (κ2) is 5.73. The first-order chi connectivity index (χ1) is 10.1. The van der Waals surface area contributed by atoms with Crippen LogP contribution in [0.25, 0.3) is 16.9 Å². The second-order valence-corrected chi connectivity index (χ2v) is 6.05. The average molecular weight is 369 g/mol. The van der Waals surface area contributed by atoms with E-state index in [1.807, 2.05) is 19.1 Å². The highest BCUT2D eigenvalue weighted by atomic mass is 79.9. The van der Waals surface area contributed by atoms with E-state index < -0.39 is 0 Å². The van der Waals surface area contributed by atoms with Crippen LogP contribution in [0.3, 0.4) is 0 Å². The minimum absolute atomic E-state index is 0.296. The third kappa shape index (κ3) is 2.68. The Bertz CT molecular complexity index is 816. The number of halogens is 3. The molecule has 0 aliphatic carbocycles. The first-order valence-corrected chi connectivity index (χ1v) is 7.78. The molecule has 21 heavy (non-hydrogen) atoms. The molecule has 0 N–H and O–H groups in total. The van der Waals surface area contributed by atoms with Gasteiger partial charge >= 0.3 is 0 Å². The van der Waals surface area contributed by atoms with Crippen molar-refractivity contribution >= 4 is 38.7 Å². The zero-order valence-electron chi connectivity index (χ0n) is 11.3. The van der Waals surface area contributed by atoms with Crippen LogP contribution in [0.15, 0.2) is 34.9 Å². The minimum atomic E-state index is -0.296. The topological polar surface area (TPSA) is 30.7 Å². The van der Waals surface area contributed by atoms with Crippen LogP contribution in [0.2, 0.25) is 0 Å². The van der Waals surface area contributed by atoms with Gasteiger partial charge in [0.25, 0.3) is 0 Å². The summed E-state index contributed by atoms with van der Waals surface area (Å²) >= 11 is 9.22. The Labute approximate surface area is 134 Å². The van der Waals surface area contributed by atoms with E-state index in [0.717, 1.165) is 10.0 Å². The first-order valence-electron chi connectivity index (χ1n) is 6.45. The molecule has 3 nitrogen and oxygen atoms in total. The molecule has 2 heterocycles. The molecular formula is C15H12BrClFN3. The summed E-state index contributed by atoms with van der Waals surface area (Å²) in [7, 11) is 0. The van der Waals surface area contributed by atoms with Crippen LogP contribution in [0.4, 0.5) is 4.39 Å². The molecule has 3 rings (SSSR count). The van der Waals surface area contributed by atoms with Gasteiger partial charge in [-0.3, -0.25) is 4.57 Å². The number of hydrogen-bond acceptors (Lipinski definition) is 2. The number of rotatable bonds is 3. The van der Waals surface area contributed by atoms with Gasteiger partial charge in [0.2, 0.25) is 0 Å². The number of aromatic nitrogens is 3. The summed E-state index contributed by atoms with van der Waals surface area (Å²) in [5, 5.41) is 0. The maximum absolute atomic E-state index is 14.3. The Morgan fingerprint density at radius 1 is 1.33 bits per heavy atom. The Balaban J connectivity index is 2.30. The largest absolute Gasteiger partial charge is 0.278 e. The fourth-order valence-electron chi connectivity index (χ4n) is 2.29. The van der Waals surface area contributed by atoms with Crippen LogP contribution < -0.4 is 0 Å². The van der Waals surface area contributed by atoms with E-state index in [1.165, 1.54) is 6.07 Å². The summed E-state index contributed by atoms with van der Waals surface area (Å²) < 4.78 is 16.9. The van der Waals surface area contributed by atoms with Crippen molar-refractivity contribution in [1.82, 2.24) is 14.5 Å². The summed E-state index contributed by atoms with van der Waals surface area (Å²) in [5.41, 5.74) is 2.65. The van der Waals surface area contributed by atoms with E-state index in [9.17, 15) is 4.39 Å². The van der Waals surface area contributed by atoms with Gasteiger partial charge in [0, 0.05) is 23.0 Å². The number of imidazole rings is 1. The monoisotopic (exact) mass is 367 g/mol. The number of alkyl halides is 1. The minimum Gasteiger partial charge on any atom is -0.278 e. The van der Waals surface area contributed by atoms with E-state index in [4.69, 9.17) is 11.6 Å². The molecule has 0 fully saturated rings. The molecule has 0 saturated heterocycles. The van der Waals surface area contributed by atoms with Crippen LogP contribution in [0.1, 0.15) is 11.4 Å². The quantitative estimate of drug-likeness (QED) is 0.641. The normalized spacial score (nSPS) is 11.2. The molecule has 0 spiro atoms. The molecular weight excluding hydrogens is 357 g/mol. The number of benzene rings is 1. The number of hydrogen-bond donors (Lipinski definition) is 0. The molecule has 1 aromatic carbocycles. The molecule has 0 bridgehead atoms. The molecule has 0 aliphatic rings. The smallest absolute Gasteiger partial charge is 0.164 e. The summed E-state index contributed by atoms with van der Waals surface area (Å²) in [6, 6.07) is 6.98. The molecule has 0 radical (unpaired) electrons. The predicted molar refractivity (Wildman–Crippen MR) is 85.7 cm³/mol. The van der Waals surface area contributed by atoms with Crippen molar-refractivity contribution in [3.63, 3.8) is 0 Å². The lowest BCUT2D eigenvalue weighted by atomic mass is 10.2. The van der Waals surface area contributed by atoms with Gasteiger partial charge < -0.3 is 0 Å². The Morgan fingerprint density at radius 3 is 2.86 bits per heavy atom. The van der Waals surface area contributed by atoms with E-state index in [0.29, 0.717) is 35.0 Å². The molecule has 2 aromatic heterocycles. The maximum Gasteiger partial charge on any atom is 0.164 e. The third-order valence-electron chi connectivity index (χ3n) is 3.20. The van der Waals surface area contributed by atoms with Gasteiger partial charge in [0.1, 0.15) is 17.2 Å². The van der Waals surface area contributed by atoms with E-state index in [1.54, 1.807) is 16.8 Å². The van der Waals surface area contributed by atoms with E-state index in [-0.39, 0.29) is 5.82 Å². The highest BCUT2D eigenvalue weighted by molar-refractivity contribution is 9.10.